The van der Waals surface area contributed by atoms with Crippen molar-refractivity contribution in [1.29, 1.82) is 0 Å². The van der Waals surface area contributed by atoms with Gasteiger partial charge in [-0.05, 0) is 55.2 Å². The molecule has 4 nitrogen and oxygen atoms in total. The molecule has 3 rings (SSSR count). The molecule has 0 aliphatic carbocycles. The maximum absolute atomic E-state index is 13.3. The van der Waals surface area contributed by atoms with Gasteiger partial charge >= 0.3 is 0 Å². The van der Waals surface area contributed by atoms with Crippen LogP contribution in [0.2, 0.25) is 5.02 Å². The summed E-state index contributed by atoms with van der Waals surface area (Å²) in [5, 5.41) is 0.371. The highest BCUT2D eigenvalue weighted by Crippen LogP contribution is 2.35. The second-order valence-electron chi connectivity index (χ2n) is 6.63. The molecule has 1 heterocycles. The van der Waals surface area contributed by atoms with Crippen LogP contribution < -0.4 is 4.72 Å². The Morgan fingerprint density at radius 1 is 1.15 bits per heavy atom. The van der Waals surface area contributed by atoms with Crippen LogP contribution in [-0.2, 0) is 20.2 Å². The zero-order valence-corrected chi connectivity index (χ0v) is 16.0. The molecule has 0 aromatic heterocycles. The normalized spacial score (nSPS) is 17.2. The summed E-state index contributed by atoms with van der Waals surface area (Å²) in [4.78, 5) is 0.173. The lowest BCUT2D eigenvalue weighted by molar-refractivity contribution is 0.0517. The number of benzene rings is 2. The van der Waals surface area contributed by atoms with Crippen molar-refractivity contribution >= 4 is 21.6 Å². The van der Waals surface area contributed by atoms with Crippen molar-refractivity contribution in [2.75, 3.05) is 19.8 Å². The zero-order chi connectivity index (χ0) is 18.8. The molecule has 140 valence electrons. The van der Waals surface area contributed by atoms with Crippen molar-refractivity contribution in [3.05, 3.63) is 64.4 Å². The van der Waals surface area contributed by atoms with E-state index in [1.807, 2.05) is 0 Å². The van der Waals surface area contributed by atoms with Crippen molar-refractivity contribution in [2.24, 2.45) is 0 Å². The fourth-order valence-corrected chi connectivity index (χ4v) is 4.94. The van der Waals surface area contributed by atoms with Crippen LogP contribution in [0.25, 0.3) is 0 Å². The van der Waals surface area contributed by atoms with Crippen molar-refractivity contribution in [2.45, 2.75) is 30.1 Å². The minimum atomic E-state index is -3.72. The molecule has 0 unspecified atom stereocenters. The monoisotopic (exact) mass is 397 g/mol. The predicted molar refractivity (Wildman–Crippen MR) is 99.5 cm³/mol. The number of hydrogen-bond donors (Lipinski definition) is 1. The van der Waals surface area contributed by atoms with Gasteiger partial charge in [-0.25, -0.2) is 17.5 Å². The van der Waals surface area contributed by atoms with E-state index in [2.05, 4.69) is 4.72 Å². The Morgan fingerprint density at radius 2 is 1.81 bits per heavy atom. The highest BCUT2D eigenvalue weighted by Gasteiger charge is 2.36. The minimum absolute atomic E-state index is 0.173. The fraction of sp³-hybridized carbons (Fsp3) is 0.368. The number of nitrogens with one attached hydrogen (secondary N) is 1. The third kappa shape index (κ3) is 4.09. The molecule has 2 aromatic rings. The number of hydrogen-bond acceptors (Lipinski definition) is 3. The SMILES string of the molecule is Cc1ccc(Cl)cc1S(=O)(=O)NCC1(c2ccc(F)cc2)CCOCC1. The van der Waals surface area contributed by atoms with Crippen molar-refractivity contribution in [3.8, 4) is 0 Å². The maximum atomic E-state index is 13.3. The quantitative estimate of drug-likeness (QED) is 0.834. The first-order valence-electron chi connectivity index (χ1n) is 8.42. The van der Waals surface area contributed by atoms with Crippen LogP contribution in [0.5, 0.6) is 0 Å². The van der Waals surface area contributed by atoms with Crippen LogP contribution >= 0.6 is 11.6 Å². The Labute approximate surface area is 158 Å². The third-order valence-corrected chi connectivity index (χ3v) is 6.73. The second kappa shape index (κ2) is 7.64. The van der Waals surface area contributed by atoms with E-state index < -0.39 is 15.4 Å². The Hall–Kier alpha value is -1.47. The van der Waals surface area contributed by atoms with E-state index in [0.29, 0.717) is 36.6 Å². The van der Waals surface area contributed by atoms with Gasteiger partial charge in [-0.1, -0.05) is 29.8 Å². The number of rotatable bonds is 5. The van der Waals surface area contributed by atoms with Crippen molar-refractivity contribution in [1.82, 2.24) is 4.72 Å². The number of ether oxygens (including phenoxy) is 1. The molecule has 1 fully saturated rings. The molecular weight excluding hydrogens is 377 g/mol. The Kier molecular flexibility index (Phi) is 5.67. The molecular formula is C19H21ClFNO3S. The highest BCUT2D eigenvalue weighted by molar-refractivity contribution is 7.89. The van der Waals surface area contributed by atoms with Gasteiger partial charge < -0.3 is 4.74 Å². The van der Waals surface area contributed by atoms with Crippen LogP contribution in [0.3, 0.4) is 0 Å². The van der Waals surface area contributed by atoms with Crippen LogP contribution in [0, 0.1) is 12.7 Å². The topological polar surface area (TPSA) is 55.4 Å². The highest BCUT2D eigenvalue weighted by atomic mass is 35.5. The largest absolute Gasteiger partial charge is 0.381 e. The van der Waals surface area contributed by atoms with Gasteiger partial charge in [0.15, 0.2) is 0 Å². The smallest absolute Gasteiger partial charge is 0.240 e. The summed E-state index contributed by atoms with van der Waals surface area (Å²) in [7, 11) is -3.72. The van der Waals surface area contributed by atoms with Gasteiger partial charge in [0.2, 0.25) is 10.0 Å². The van der Waals surface area contributed by atoms with Crippen molar-refractivity contribution in [3.63, 3.8) is 0 Å². The van der Waals surface area contributed by atoms with Gasteiger partial charge in [0, 0.05) is 30.2 Å². The van der Waals surface area contributed by atoms with E-state index >= 15 is 0 Å². The standard InChI is InChI=1S/C19H21ClFNO3S/c1-14-2-5-16(20)12-18(14)26(23,24)22-13-19(8-10-25-11-9-19)15-3-6-17(21)7-4-15/h2-7,12,22H,8-11,13H2,1H3. The van der Waals surface area contributed by atoms with Gasteiger partial charge in [-0.2, -0.15) is 0 Å². The summed E-state index contributed by atoms with van der Waals surface area (Å²) in [6.07, 6.45) is 1.32. The lowest BCUT2D eigenvalue weighted by atomic mass is 9.74. The molecule has 0 saturated carbocycles. The van der Waals surface area contributed by atoms with E-state index in [-0.39, 0.29) is 17.3 Å². The van der Waals surface area contributed by atoms with Crippen LogP contribution in [0.1, 0.15) is 24.0 Å². The second-order valence-corrected chi connectivity index (χ2v) is 8.81. The average Bonchev–Trinajstić information content (AvgIpc) is 2.63. The van der Waals surface area contributed by atoms with Crippen molar-refractivity contribution < 1.29 is 17.5 Å². The predicted octanol–water partition coefficient (Wildman–Crippen LogP) is 3.81. The van der Waals surface area contributed by atoms with Gasteiger partial charge in [0.05, 0.1) is 4.90 Å². The van der Waals surface area contributed by atoms with Gasteiger partial charge in [-0.15, -0.1) is 0 Å². The molecule has 1 saturated heterocycles. The summed E-state index contributed by atoms with van der Waals surface area (Å²) < 4.78 is 47.1. The third-order valence-electron chi connectivity index (χ3n) is 4.95. The van der Waals surface area contributed by atoms with E-state index in [1.165, 1.54) is 18.2 Å². The summed E-state index contributed by atoms with van der Waals surface area (Å²) in [6, 6.07) is 11.0. The maximum Gasteiger partial charge on any atom is 0.240 e. The van der Waals surface area contributed by atoms with Crippen LogP contribution in [0.15, 0.2) is 47.4 Å². The van der Waals surface area contributed by atoms with E-state index in [1.54, 1.807) is 31.2 Å². The molecule has 0 spiro atoms. The van der Waals surface area contributed by atoms with Gasteiger partial charge in [-0.3, -0.25) is 0 Å². The lowest BCUT2D eigenvalue weighted by Gasteiger charge is -2.38. The molecule has 26 heavy (non-hydrogen) atoms. The molecule has 0 bridgehead atoms. The zero-order valence-electron chi connectivity index (χ0n) is 14.5. The number of halogens is 2. The van der Waals surface area contributed by atoms with Crippen LogP contribution in [0.4, 0.5) is 4.39 Å². The number of sulfonamides is 1. The molecule has 1 N–H and O–H groups in total. The van der Waals surface area contributed by atoms with Gasteiger partial charge in [0.25, 0.3) is 0 Å². The Balaban J connectivity index is 1.88. The summed E-state index contributed by atoms with van der Waals surface area (Å²) in [5.74, 6) is -0.314. The molecule has 1 aliphatic rings. The molecule has 1 aliphatic heterocycles. The Morgan fingerprint density at radius 3 is 2.46 bits per heavy atom. The first-order valence-corrected chi connectivity index (χ1v) is 10.3. The minimum Gasteiger partial charge on any atom is -0.381 e. The molecule has 0 radical (unpaired) electrons. The molecule has 0 atom stereocenters. The van der Waals surface area contributed by atoms with Crippen LogP contribution in [-0.4, -0.2) is 28.2 Å². The average molecular weight is 398 g/mol. The molecule has 2 aromatic carbocycles. The Bertz CT molecular complexity index is 878. The lowest BCUT2D eigenvalue weighted by Crippen LogP contribution is -2.44. The summed E-state index contributed by atoms with van der Waals surface area (Å²) in [6.45, 7) is 3.02. The van der Waals surface area contributed by atoms with E-state index in [4.69, 9.17) is 16.3 Å². The molecule has 7 heteroatoms. The molecule has 0 amide bonds. The first kappa shape index (κ1) is 19.3. The number of aryl methyl sites for hydroxylation is 1. The summed E-state index contributed by atoms with van der Waals surface area (Å²) in [5.41, 5.74) is 1.11. The van der Waals surface area contributed by atoms with E-state index in [9.17, 15) is 12.8 Å². The fourth-order valence-electron chi connectivity index (χ4n) is 3.31. The first-order chi connectivity index (χ1) is 12.3. The summed E-state index contributed by atoms with van der Waals surface area (Å²) >= 11 is 5.97. The van der Waals surface area contributed by atoms with Gasteiger partial charge in [0.1, 0.15) is 5.82 Å². The van der Waals surface area contributed by atoms with E-state index in [0.717, 1.165) is 5.56 Å².